The Balaban J connectivity index is 1.67. The van der Waals surface area contributed by atoms with E-state index in [9.17, 15) is 14.4 Å². The van der Waals surface area contributed by atoms with Crippen LogP contribution in [0.15, 0.2) is 60.7 Å². The molecule has 0 aromatic heterocycles. The second kappa shape index (κ2) is 9.17. The highest BCUT2D eigenvalue weighted by Crippen LogP contribution is 2.18. The number of rotatable bonds is 5. The van der Waals surface area contributed by atoms with Crippen LogP contribution in [0.25, 0.3) is 0 Å². The SMILES string of the molecule is CC(=O)N1CCN(C(=O)CC(=O)N(Cc2ccccc2)c2ccccc2)CC1. The van der Waals surface area contributed by atoms with Gasteiger partial charge in [-0.2, -0.15) is 0 Å². The van der Waals surface area contributed by atoms with Gasteiger partial charge in [0.25, 0.3) is 0 Å². The lowest BCUT2D eigenvalue weighted by Gasteiger charge is -2.34. The maximum absolute atomic E-state index is 13.0. The largest absolute Gasteiger partial charge is 0.339 e. The second-order valence-electron chi connectivity index (χ2n) is 6.86. The average Bonchev–Trinajstić information content (AvgIpc) is 2.73. The number of hydrogen-bond donors (Lipinski definition) is 0. The Morgan fingerprint density at radius 2 is 1.36 bits per heavy atom. The van der Waals surface area contributed by atoms with Gasteiger partial charge in [0.2, 0.25) is 17.7 Å². The molecule has 28 heavy (non-hydrogen) atoms. The monoisotopic (exact) mass is 379 g/mol. The summed E-state index contributed by atoms with van der Waals surface area (Å²) in [6, 6.07) is 19.1. The Morgan fingerprint density at radius 1 is 0.821 bits per heavy atom. The van der Waals surface area contributed by atoms with Gasteiger partial charge < -0.3 is 14.7 Å². The van der Waals surface area contributed by atoms with E-state index < -0.39 is 0 Å². The zero-order valence-corrected chi connectivity index (χ0v) is 16.1. The van der Waals surface area contributed by atoms with Crippen molar-refractivity contribution in [2.75, 3.05) is 31.1 Å². The van der Waals surface area contributed by atoms with Crippen molar-refractivity contribution in [3.05, 3.63) is 66.2 Å². The number of amides is 3. The third kappa shape index (κ3) is 4.97. The van der Waals surface area contributed by atoms with Crippen molar-refractivity contribution in [1.29, 1.82) is 0 Å². The van der Waals surface area contributed by atoms with E-state index >= 15 is 0 Å². The lowest BCUT2D eigenvalue weighted by molar-refractivity contribution is -0.140. The van der Waals surface area contributed by atoms with Crippen molar-refractivity contribution in [2.24, 2.45) is 0 Å². The molecule has 0 atom stereocenters. The molecule has 146 valence electrons. The summed E-state index contributed by atoms with van der Waals surface area (Å²) in [5.74, 6) is -0.405. The summed E-state index contributed by atoms with van der Waals surface area (Å²) in [7, 11) is 0. The number of piperazine rings is 1. The molecule has 6 nitrogen and oxygen atoms in total. The van der Waals surface area contributed by atoms with Crippen LogP contribution in [0.1, 0.15) is 18.9 Å². The van der Waals surface area contributed by atoms with Crippen molar-refractivity contribution in [3.63, 3.8) is 0 Å². The number of benzene rings is 2. The van der Waals surface area contributed by atoms with Crippen molar-refractivity contribution >= 4 is 23.4 Å². The smallest absolute Gasteiger partial charge is 0.236 e. The average molecular weight is 379 g/mol. The molecule has 2 aromatic carbocycles. The third-order valence-corrected chi connectivity index (χ3v) is 4.93. The van der Waals surface area contributed by atoms with E-state index in [1.165, 1.54) is 6.92 Å². The predicted octanol–water partition coefficient (Wildman–Crippen LogP) is 2.30. The molecule has 1 fully saturated rings. The van der Waals surface area contributed by atoms with Crippen molar-refractivity contribution < 1.29 is 14.4 Å². The van der Waals surface area contributed by atoms with Gasteiger partial charge in [0, 0.05) is 38.8 Å². The van der Waals surface area contributed by atoms with Crippen LogP contribution in [0, 0.1) is 0 Å². The first-order chi connectivity index (χ1) is 13.5. The summed E-state index contributed by atoms with van der Waals surface area (Å²) < 4.78 is 0. The van der Waals surface area contributed by atoms with E-state index in [0.717, 1.165) is 11.3 Å². The maximum atomic E-state index is 13.0. The van der Waals surface area contributed by atoms with Crippen LogP contribution in [0.2, 0.25) is 0 Å². The Hall–Kier alpha value is -3.15. The van der Waals surface area contributed by atoms with Crippen LogP contribution in [0.3, 0.4) is 0 Å². The zero-order chi connectivity index (χ0) is 19.9. The van der Waals surface area contributed by atoms with Gasteiger partial charge in [-0.3, -0.25) is 14.4 Å². The van der Waals surface area contributed by atoms with Gasteiger partial charge in [-0.1, -0.05) is 48.5 Å². The topological polar surface area (TPSA) is 60.9 Å². The molecule has 0 unspecified atom stereocenters. The van der Waals surface area contributed by atoms with Crippen LogP contribution in [-0.4, -0.2) is 53.7 Å². The van der Waals surface area contributed by atoms with E-state index in [2.05, 4.69) is 0 Å². The maximum Gasteiger partial charge on any atom is 0.236 e. The van der Waals surface area contributed by atoms with Gasteiger partial charge in [-0.25, -0.2) is 0 Å². The minimum atomic E-state index is -0.228. The molecule has 1 heterocycles. The molecule has 0 bridgehead atoms. The van der Waals surface area contributed by atoms with Gasteiger partial charge in [-0.05, 0) is 17.7 Å². The van der Waals surface area contributed by atoms with Crippen LogP contribution in [0.4, 0.5) is 5.69 Å². The molecular formula is C22H25N3O3. The highest BCUT2D eigenvalue weighted by molar-refractivity contribution is 6.05. The fourth-order valence-corrected chi connectivity index (χ4v) is 3.30. The van der Waals surface area contributed by atoms with Crippen molar-refractivity contribution in [1.82, 2.24) is 9.80 Å². The van der Waals surface area contributed by atoms with E-state index in [0.29, 0.717) is 32.7 Å². The molecule has 3 amide bonds. The van der Waals surface area contributed by atoms with Gasteiger partial charge in [0.05, 0.1) is 6.54 Å². The molecule has 0 N–H and O–H groups in total. The Kier molecular flexibility index (Phi) is 6.42. The standard InChI is InChI=1S/C22H25N3O3/c1-18(26)23-12-14-24(15-13-23)21(27)16-22(28)25(20-10-6-3-7-11-20)17-19-8-4-2-5-9-19/h2-11H,12-17H2,1H3. The lowest BCUT2D eigenvalue weighted by atomic mass is 10.1. The first kappa shape index (κ1) is 19.6. The summed E-state index contributed by atoms with van der Waals surface area (Å²) in [6.45, 7) is 3.91. The summed E-state index contributed by atoms with van der Waals surface area (Å²) in [6.07, 6.45) is -0.179. The number of hydrogen-bond acceptors (Lipinski definition) is 3. The normalized spacial score (nSPS) is 13.9. The Bertz CT molecular complexity index is 815. The molecule has 0 aliphatic carbocycles. The summed E-state index contributed by atoms with van der Waals surface area (Å²) in [4.78, 5) is 42.1. The number of carbonyl (C=O) groups is 3. The molecule has 0 saturated carbocycles. The van der Waals surface area contributed by atoms with Gasteiger partial charge >= 0.3 is 0 Å². The molecule has 3 rings (SSSR count). The second-order valence-corrected chi connectivity index (χ2v) is 6.86. The van der Waals surface area contributed by atoms with Crippen molar-refractivity contribution in [3.8, 4) is 0 Å². The lowest BCUT2D eigenvalue weighted by Crippen LogP contribution is -2.50. The molecule has 0 spiro atoms. The molecule has 6 heteroatoms. The minimum Gasteiger partial charge on any atom is -0.339 e. The van der Waals surface area contributed by atoms with Crippen LogP contribution >= 0.6 is 0 Å². The molecule has 1 saturated heterocycles. The van der Waals surface area contributed by atoms with Crippen molar-refractivity contribution in [2.45, 2.75) is 19.9 Å². The molecule has 2 aromatic rings. The van der Waals surface area contributed by atoms with Crippen LogP contribution in [0.5, 0.6) is 0 Å². The highest BCUT2D eigenvalue weighted by atomic mass is 16.2. The predicted molar refractivity (Wildman–Crippen MR) is 108 cm³/mol. The number of nitrogens with zero attached hydrogens (tertiary/aromatic N) is 3. The summed E-state index contributed by atoms with van der Waals surface area (Å²) in [5.41, 5.74) is 1.77. The van der Waals surface area contributed by atoms with E-state index in [1.807, 2.05) is 60.7 Å². The highest BCUT2D eigenvalue weighted by Gasteiger charge is 2.26. The first-order valence-electron chi connectivity index (χ1n) is 9.47. The van der Waals surface area contributed by atoms with E-state index in [1.54, 1.807) is 14.7 Å². The summed E-state index contributed by atoms with van der Waals surface area (Å²) in [5, 5.41) is 0. The number of anilines is 1. The van der Waals surface area contributed by atoms with Gasteiger partial charge in [0.1, 0.15) is 6.42 Å². The van der Waals surface area contributed by atoms with E-state index in [-0.39, 0.29) is 24.1 Å². The summed E-state index contributed by atoms with van der Waals surface area (Å²) >= 11 is 0. The molecule has 1 aliphatic heterocycles. The fourth-order valence-electron chi connectivity index (χ4n) is 3.30. The molecule has 0 radical (unpaired) electrons. The van der Waals surface area contributed by atoms with Gasteiger partial charge in [0.15, 0.2) is 0 Å². The van der Waals surface area contributed by atoms with Gasteiger partial charge in [-0.15, -0.1) is 0 Å². The minimum absolute atomic E-state index is 0.0151. The fraction of sp³-hybridized carbons (Fsp3) is 0.318. The third-order valence-electron chi connectivity index (χ3n) is 4.93. The Morgan fingerprint density at radius 3 is 1.93 bits per heavy atom. The quantitative estimate of drug-likeness (QED) is 0.749. The Labute approximate surface area is 165 Å². The molecule has 1 aliphatic rings. The molecular weight excluding hydrogens is 354 g/mol. The van der Waals surface area contributed by atoms with Crippen LogP contribution < -0.4 is 4.90 Å². The zero-order valence-electron chi connectivity index (χ0n) is 16.1. The van der Waals surface area contributed by atoms with E-state index in [4.69, 9.17) is 0 Å². The number of carbonyl (C=O) groups excluding carboxylic acids is 3. The van der Waals surface area contributed by atoms with Crippen LogP contribution in [-0.2, 0) is 20.9 Å². The number of para-hydroxylation sites is 1. The first-order valence-corrected chi connectivity index (χ1v) is 9.47.